The number of nitrogens with one attached hydrogen (secondary N) is 1. The molecule has 0 heterocycles. The Hall–Kier alpha value is -1.88. The number of carbonyl (C=O) groups is 2. The highest BCUT2D eigenvalue weighted by Crippen LogP contribution is 2.41. The third kappa shape index (κ3) is 7.14. The maximum atomic E-state index is 11.2. The average molecular weight is 404 g/mol. The fraction of sp³-hybridized carbons (Fsp3) is 0.667. The molecule has 1 fully saturated rings. The zero-order valence-corrected chi connectivity index (χ0v) is 17.8. The van der Waals surface area contributed by atoms with Crippen LogP contribution in [0.5, 0.6) is 0 Å². The zero-order valence-electron chi connectivity index (χ0n) is 17.8. The van der Waals surface area contributed by atoms with Crippen LogP contribution in [0.2, 0.25) is 0 Å². The lowest BCUT2D eigenvalue weighted by atomic mass is 9.65. The fourth-order valence-electron chi connectivity index (χ4n) is 4.12. The van der Waals surface area contributed by atoms with Crippen molar-refractivity contribution in [3.63, 3.8) is 0 Å². The van der Waals surface area contributed by atoms with Crippen LogP contribution in [0.25, 0.3) is 0 Å². The molecule has 1 aromatic rings. The molecule has 1 aliphatic carbocycles. The Labute approximate surface area is 174 Å². The number of benzene rings is 1. The van der Waals surface area contributed by atoms with Crippen LogP contribution in [-0.2, 0) is 22.4 Å². The van der Waals surface area contributed by atoms with E-state index in [2.05, 4.69) is 36.5 Å². The van der Waals surface area contributed by atoms with Crippen LogP contribution < -0.4 is 5.32 Å². The molecule has 0 unspecified atom stereocenters. The van der Waals surface area contributed by atoms with Gasteiger partial charge in [0.1, 0.15) is 0 Å². The van der Waals surface area contributed by atoms with Crippen molar-refractivity contribution in [2.75, 3.05) is 6.54 Å². The topological polar surface area (TPSA) is 86.6 Å². The van der Waals surface area contributed by atoms with E-state index in [9.17, 15) is 9.59 Å². The molecule has 0 atom stereocenters. The number of aryl methyl sites for hydroxylation is 1. The van der Waals surface area contributed by atoms with E-state index in [1.54, 1.807) is 0 Å². The van der Waals surface area contributed by atoms with Gasteiger partial charge in [-0.2, -0.15) is 0 Å². The van der Waals surface area contributed by atoms with Crippen molar-refractivity contribution >= 4 is 11.9 Å². The molecule has 29 heavy (non-hydrogen) atoms. The van der Waals surface area contributed by atoms with Crippen molar-refractivity contribution in [1.82, 2.24) is 5.32 Å². The van der Waals surface area contributed by atoms with Crippen LogP contribution in [0, 0.1) is 5.41 Å². The summed E-state index contributed by atoms with van der Waals surface area (Å²) in [6.07, 6.45) is 13.1. The Morgan fingerprint density at radius 3 is 1.86 bits per heavy atom. The Balaban J connectivity index is 1.57. The Bertz CT molecular complexity index is 619. The maximum absolute atomic E-state index is 11.2. The van der Waals surface area contributed by atoms with Gasteiger partial charge in [0.25, 0.3) is 0 Å². The Morgan fingerprint density at radius 2 is 1.34 bits per heavy atom. The van der Waals surface area contributed by atoms with E-state index in [0.29, 0.717) is 0 Å². The lowest BCUT2D eigenvalue weighted by Crippen LogP contribution is -2.57. The van der Waals surface area contributed by atoms with Crippen molar-refractivity contribution in [2.24, 2.45) is 5.41 Å². The summed E-state index contributed by atoms with van der Waals surface area (Å²) >= 11 is 0. The summed E-state index contributed by atoms with van der Waals surface area (Å²) in [6, 6.07) is 8.73. The summed E-state index contributed by atoms with van der Waals surface area (Å²) in [4.78, 5) is 22.3. The van der Waals surface area contributed by atoms with E-state index >= 15 is 0 Å². The van der Waals surface area contributed by atoms with Gasteiger partial charge in [0.05, 0.1) is 0 Å². The Morgan fingerprint density at radius 1 is 0.862 bits per heavy atom. The molecule has 0 spiro atoms. The van der Waals surface area contributed by atoms with E-state index in [0.717, 1.165) is 19.4 Å². The molecule has 0 aromatic heterocycles. The minimum Gasteiger partial charge on any atom is -0.480 e. The first-order valence-corrected chi connectivity index (χ1v) is 11.3. The van der Waals surface area contributed by atoms with Gasteiger partial charge in [-0.05, 0) is 49.8 Å². The van der Waals surface area contributed by atoms with Crippen LogP contribution in [0.15, 0.2) is 24.3 Å². The second-order valence-corrected chi connectivity index (χ2v) is 8.54. The molecule has 1 aliphatic rings. The van der Waals surface area contributed by atoms with Gasteiger partial charge in [-0.1, -0.05) is 76.1 Å². The smallest absolute Gasteiger partial charge is 0.321 e. The molecule has 1 aromatic carbocycles. The SMILES string of the molecule is CCCCCCCCCCc1ccc(CCNC2CC(C(=O)O)(C(=O)O)C2)cc1. The average Bonchev–Trinajstić information content (AvgIpc) is 2.66. The van der Waals surface area contributed by atoms with Crippen LogP contribution >= 0.6 is 0 Å². The monoisotopic (exact) mass is 403 g/mol. The molecule has 1 saturated carbocycles. The molecule has 5 heteroatoms. The molecule has 0 bridgehead atoms. The van der Waals surface area contributed by atoms with E-state index < -0.39 is 17.4 Å². The minimum absolute atomic E-state index is 0.0246. The first-order chi connectivity index (χ1) is 14.0. The number of carboxylic acids is 2. The van der Waals surface area contributed by atoms with Gasteiger partial charge >= 0.3 is 11.9 Å². The highest BCUT2D eigenvalue weighted by molar-refractivity contribution is 5.99. The fourth-order valence-corrected chi connectivity index (χ4v) is 4.12. The van der Waals surface area contributed by atoms with Crippen molar-refractivity contribution in [2.45, 2.75) is 90.0 Å². The molecule has 0 aliphatic heterocycles. The van der Waals surface area contributed by atoms with Gasteiger partial charge in [-0.15, -0.1) is 0 Å². The molecule has 0 saturated heterocycles. The van der Waals surface area contributed by atoms with E-state index in [4.69, 9.17) is 10.2 Å². The van der Waals surface area contributed by atoms with Crippen LogP contribution in [0.1, 0.15) is 82.3 Å². The predicted molar refractivity (Wildman–Crippen MR) is 115 cm³/mol. The third-order valence-electron chi connectivity index (χ3n) is 6.20. The zero-order chi connectivity index (χ0) is 21.1. The van der Waals surface area contributed by atoms with E-state index in [1.165, 1.54) is 62.5 Å². The van der Waals surface area contributed by atoms with Gasteiger partial charge in [0, 0.05) is 6.04 Å². The first kappa shape index (κ1) is 23.4. The van der Waals surface area contributed by atoms with Gasteiger partial charge in [0.15, 0.2) is 5.41 Å². The summed E-state index contributed by atoms with van der Waals surface area (Å²) in [6.45, 7) is 2.99. The summed E-state index contributed by atoms with van der Waals surface area (Å²) < 4.78 is 0. The molecule has 2 rings (SSSR count). The largest absolute Gasteiger partial charge is 0.480 e. The van der Waals surface area contributed by atoms with E-state index in [1.807, 2.05) is 0 Å². The molecule has 5 nitrogen and oxygen atoms in total. The van der Waals surface area contributed by atoms with Gasteiger partial charge in [0.2, 0.25) is 0 Å². The van der Waals surface area contributed by atoms with Crippen molar-refractivity contribution in [1.29, 1.82) is 0 Å². The van der Waals surface area contributed by atoms with Crippen LogP contribution in [0.4, 0.5) is 0 Å². The van der Waals surface area contributed by atoms with Crippen molar-refractivity contribution in [3.05, 3.63) is 35.4 Å². The second-order valence-electron chi connectivity index (χ2n) is 8.54. The van der Waals surface area contributed by atoms with Gasteiger partial charge < -0.3 is 15.5 Å². The first-order valence-electron chi connectivity index (χ1n) is 11.3. The van der Waals surface area contributed by atoms with Crippen LogP contribution in [-0.4, -0.2) is 34.7 Å². The number of rotatable bonds is 15. The Kier molecular flexibility index (Phi) is 9.65. The van der Waals surface area contributed by atoms with Crippen molar-refractivity contribution < 1.29 is 19.8 Å². The van der Waals surface area contributed by atoms with Gasteiger partial charge in [-0.25, -0.2) is 0 Å². The highest BCUT2D eigenvalue weighted by Gasteiger charge is 2.56. The highest BCUT2D eigenvalue weighted by atomic mass is 16.4. The quantitative estimate of drug-likeness (QED) is 0.289. The van der Waals surface area contributed by atoms with Gasteiger partial charge in [-0.3, -0.25) is 9.59 Å². The van der Waals surface area contributed by atoms with Crippen molar-refractivity contribution in [3.8, 4) is 0 Å². The summed E-state index contributed by atoms with van der Waals surface area (Å²) in [5.41, 5.74) is 1.05. The molecule has 0 amide bonds. The molecule has 0 radical (unpaired) electrons. The number of carboxylic acid groups (broad SMARTS) is 2. The molecular weight excluding hydrogens is 366 g/mol. The van der Waals surface area contributed by atoms with Crippen LogP contribution in [0.3, 0.4) is 0 Å². The normalized spacial score (nSPS) is 15.8. The van der Waals surface area contributed by atoms with E-state index in [-0.39, 0.29) is 18.9 Å². The lowest BCUT2D eigenvalue weighted by molar-refractivity contribution is -0.173. The summed E-state index contributed by atoms with van der Waals surface area (Å²) in [7, 11) is 0. The molecule has 162 valence electrons. The standard InChI is InChI=1S/C24H37NO4/c1-2-3-4-5-6-7-8-9-10-19-11-13-20(14-12-19)15-16-25-21-17-24(18-21,22(26)27)23(28)29/h11-14,21,25H,2-10,15-18H2,1H3,(H,26,27)(H,28,29). The number of hydrogen-bond acceptors (Lipinski definition) is 3. The minimum atomic E-state index is -1.59. The third-order valence-corrected chi connectivity index (χ3v) is 6.20. The summed E-state index contributed by atoms with van der Waals surface area (Å²) in [5.74, 6) is -2.45. The molecule has 3 N–H and O–H groups in total. The lowest BCUT2D eigenvalue weighted by Gasteiger charge is -2.41. The maximum Gasteiger partial charge on any atom is 0.321 e. The number of hydrogen-bond donors (Lipinski definition) is 3. The summed E-state index contributed by atoms with van der Waals surface area (Å²) in [5, 5.41) is 21.5. The molecular formula is C24H37NO4. The number of aliphatic carboxylic acids is 2. The predicted octanol–water partition coefficient (Wildman–Crippen LogP) is 4.82. The number of unbranched alkanes of at least 4 members (excludes halogenated alkanes) is 7. The second kappa shape index (κ2) is 12.0.